The number of nitro benzene ring substituents is 1. The molecule has 4 N–H and O–H groups in total. The van der Waals surface area contributed by atoms with Gasteiger partial charge in [-0.15, -0.1) is 0 Å². The molecule has 0 saturated heterocycles. The minimum Gasteiger partial charge on any atom is -0.338 e. The molecule has 0 spiro atoms. The number of benzene rings is 1. The molecule has 10 nitrogen and oxygen atoms in total. The van der Waals surface area contributed by atoms with Crippen molar-refractivity contribution in [3.8, 4) is 0 Å². The van der Waals surface area contributed by atoms with Crippen LogP contribution in [0.1, 0.15) is 55.3 Å². The smallest absolute Gasteiger partial charge is 0.315 e. The van der Waals surface area contributed by atoms with E-state index >= 15 is 0 Å². The Labute approximate surface area is 162 Å². The first kappa shape index (κ1) is 21.1. The summed E-state index contributed by atoms with van der Waals surface area (Å²) in [5.41, 5.74) is 4.31. The Kier molecular flexibility index (Phi) is 8.19. The van der Waals surface area contributed by atoms with Crippen LogP contribution in [-0.2, 0) is 4.79 Å². The van der Waals surface area contributed by atoms with Crippen molar-refractivity contribution in [2.45, 2.75) is 51.0 Å². The van der Waals surface area contributed by atoms with Gasteiger partial charge in [0.05, 0.1) is 4.92 Å². The van der Waals surface area contributed by atoms with Gasteiger partial charge in [0.15, 0.2) is 0 Å². The van der Waals surface area contributed by atoms with Gasteiger partial charge in [0.25, 0.3) is 11.6 Å². The summed E-state index contributed by atoms with van der Waals surface area (Å²) >= 11 is 0. The highest BCUT2D eigenvalue weighted by molar-refractivity contribution is 5.95. The minimum absolute atomic E-state index is 0.0653. The number of hydrogen-bond acceptors (Lipinski definition) is 5. The first-order valence-corrected chi connectivity index (χ1v) is 9.33. The van der Waals surface area contributed by atoms with Crippen LogP contribution in [0.15, 0.2) is 24.3 Å². The normalized spacial score (nSPS) is 14.0. The molecule has 0 radical (unpaired) electrons. The summed E-state index contributed by atoms with van der Waals surface area (Å²) in [6.07, 6.45) is 6.00. The monoisotopic (exact) mass is 391 g/mol. The molecule has 1 fully saturated rings. The number of urea groups is 1. The fourth-order valence-corrected chi connectivity index (χ4v) is 2.96. The Morgan fingerprint density at radius 1 is 1.11 bits per heavy atom. The summed E-state index contributed by atoms with van der Waals surface area (Å²) in [4.78, 5) is 45.6. The standard InChI is InChI=1S/C18H25N5O5/c24-16(10-5-11-19-18(26)20-14-7-2-1-3-8-14)21-22-17(25)13-6-4-9-15(12-13)23(27)28/h4,6,9,12,14H,1-3,5,7-8,10-11H2,(H,21,24)(H,22,25)(H2,19,20,26). The highest BCUT2D eigenvalue weighted by Gasteiger charge is 2.15. The van der Waals surface area contributed by atoms with Crippen molar-refractivity contribution >= 4 is 23.5 Å². The van der Waals surface area contributed by atoms with Gasteiger partial charge in [-0.3, -0.25) is 30.6 Å². The number of nitro groups is 1. The summed E-state index contributed by atoms with van der Waals surface area (Å²) < 4.78 is 0. The van der Waals surface area contributed by atoms with E-state index in [0.29, 0.717) is 13.0 Å². The minimum atomic E-state index is -0.651. The maximum absolute atomic E-state index is 11.9. The third kappa shape index (κ3) is 7.22. The van der Waals surface area contributed by atoms with E-state index in [1.54, 1.807) is 0 Å². The summed E-state index contributed by atoms with van der Waals surface area (Å²) in [7, 11) is 0. The lowest BCUT2D eigenvalue weighted by atomic mass is 9.96. The number of carbonyl (C=O) groups excluding carboxylic acids is 3. The quantitative estimate of drug-likeness (QED) is 0.318. The molecule has 10 heteroatoms. The number of hydrazine groups is 1. The molecule has 0 unspecified atom stereocenters. The third-order valence-electron chi connectivity index (χ3n) is 4.44. The lowest BCUT2D eigenvalue weighted by Gasteiger charge is -2.22. The molecular weight excluding hydrogens is 366 g/mol. The van der Waals surface area contributed by atoms with Crippen LogP contribution in [0, 0.1) is 10.1 Å². The first-order chi connectivity index (χ1) is 13.5. The molecule has 0 aliphatic heterocycles. The Bertz CT molecular complexity index is 718. The second-order valence-corrected chi connectivity index (χ2v) is 6.65. The highest BCUT2D eigenvalue weighted by Crippen LogP contribution is 2.17. The molecule has 1 aliphatic carbocycles. The van der Waals surface area contributed by atoms with E-state index in [9.17, 15) is 24.5 Å². The fourth-order valence-electron chi connectivity index (χ4n) is 2.96. The van der Waals surface area contributed by atoms with Crippen molar-refractivity contribution in [3.05, 3.63) is 39.9 Å². The summed E-state index contributed by atoms with van der Waals surface area (Å²) in [6.45, 7) is 0.338. The van der Waals surface area contributed by atoms with E-state index in [4.69, 9.17) is 0 Å². The van der Waals surface area contributed by atoms with Crippen LogP contribution >= 0.6 is 0 Å². The first-order valence-electron chi connectivity index (χ1n) is 9.33. The van der Waals surface area contributed by atoms with Gasteiger partial charge < -0.3 is 10.6 Å². The second-order valence-electron chi connectivity index (χ2n) is 6.65. The number of nitrogens with one attached hydrogen (secondary N) is 4. The van der Waals surface area contributed by atoms with E-state index in [1.165, 1.54) is 24.6 Å². The Morgan fingerprint density at radius 2 is 1.86 bits per heavy atom. The molecule has 1 saturated carbocycles. The zero-order valence-corrected chi connectivity index (χ0v) is 15.5. The average Bonchev–Trinajstić information content (AvgIpc) is 2.70. The fraction of sp³-hybridized carbons (Fsp3) is 0.500. The van der Waals surface area contributed by atoms with Gasteiger partial charge in [0.2, 0.25) is 5.91 Å². The van der Waals surface area contributed by atoms with Crippen LogP contribution in [0.2, 0.25) is 0 Å². The van der Waals surface area contributed by atoms with E-state index in [2.05, 4.69) is 21.5 Å². The molecule has 4 amide bonds. The molecule has 1 aliphatic rings. The Hall–Kier alpha value is -3.17. The molecule has 0 atom stereocenters. The SMILES string of the molecule is O=C(CCCNC(=O)NC1CCCCC1)NNC(=O)c1cccc([N+](=O)[O-])c1. The lowest BCUT2D eigenvalue weighted by molar-refractivity contribution is -0.384. The molecule has 0 heterocycles. The molecule has 152 valence electrons. The molecular formula is C18H25N5O5. The van der Waals surface area contributed by atoms with Crippen LogP contribution in [0.25, 0.3) is 0 Å². The van der Waals surface area contributed by atoms with E-state index in [-0.39, 0.29) is 29.7 Å². The predicted octanol–water partition coefficient (Wildman–Crippen LogP) is 1.77. The van der Waals surface area contributed by atoms with Gasteiger partial charge >= 0.3 is 6.03 Å². The Morgan fingerprint density at radius 3 is 2.57 bits per heavy atom. The number of hydrogen-bond donors (Lipinski definition) is 4. The van der Waals surface area contributed by atoms with E-state index < -0.39 is 16.7 Å². The number of amides is 4. The van der Waals surface area contributed by atoms with E-state index in [0.717, 1.165) is 31.7 Å². The Balaban J connectivity index is 1.60. The number of non-ortho nitro benzene ring substituents is 1. The van der Waals surface area contributed by atoms with E-state index in [1.807, 2.05) is 0 Å². The summed E-state index contributed by atoms with van der Waals surface area (Å²) in [5, 5.41) is 16.4. The molecule has 1 aromatic carbocycles. The largest absolute Gasteiger partial charge is 0.338 e. The average molecular weight is 391 g/mol. The van der Waals surface area contributed by atoms with Crippen molar-refractivity contribution in [3.63, 3.8) is 0 Å². The van der Waals surface area contributed by atoms with Crippen molar-refractivity contribution in [1.29, 1.82) is 0 Å². The van der Waals surface area contributed by atoms with Crippen molar-refractivity contribution in [2.75, 3.05) is 6.54 Å². The molecule has 0 aromatic heterocycles. The summed E-state index contributed by atoms with van der Waals surface area (Å²) in [5.74, 6) is -1.07. The van der Waals surface area contributed by atoms with Crippen LogP contribution in [0.3, 0.4) is 0 Å². The maximum atomic E-state index is 11.9. The summed E-state index contributed by atoms with van der Waals surface area (Å²) in [6, 6.07) is 5.18. The van der Waals surface area contributed by atoms with Crippen LogP contribution in [-0.4, -0.2) is 35.4 Å². The number of carbonyl (C=O) groups is 3. The molecule has 1 aromatic rings. The predicted molar refractivity (Wildman–Crippen MR) is 101 cm³/mol. The van der Waals surface area contributed by atoms with Crippen LogP contribution in [0.4, 0.5) is 10.5 Å². The second kappa shape index (κ2) is 10.9. The third-order valence-corrected chi connectivity index (χ3v) is 4.44. The van der Waals surface area contributed by atoms with Gasteiger partial charge in [-0.2, -0.15) is 0 Å². The van der Waals surface area contributed by atoms with Gasteiger partial charge in [0, 0.05) is 36.7 Å². The molecule has 28 heavy (non-hydrogen) atoms. The zero-order valence-electron chi connectivity index (χ0n) is 15.5. The van der Waals surface area contributed by atoms with Gasteiger partial charge in [-0.1, -0.05) is 25.3 Å². The van der Waals surface area contributed by atoms with Gasteiger partial charge in [-0.05, 0) is 25.3 Å². The molecule has 0 bridgehead atoms. The van der Waals surface area contributed by atoms with Crippen molar-refractivity contribution in [2.24, 2.45) is 0 Å². The van der Waals surface area contributed by atoms with Crippen LogP contribution < -0.4 is 21.5 Å². The zero-order chi connectivity index (χ0) is 20.4. The number of rotatable bonds is 7. The van der Waals surface area contributed by atoms with Gasteiger partial charge in [-0.25, -0.2) is 4.79 Å². The van der Waals surface area contributed by atoms with Crippen molar-refractivity contribution < 1.29 is 19.3 Å². The van der Waals surface area contributed by atoms with Crippen molar-refractivity contribution in [1.82, 2.24) is 21.5 Å². The highest BCUT2D eigenvalue weighted by atomic mass is 16.6. The lowest BCUT2D eigenvalue weighted by Crippen LogP contribution is -2.44. The van der Waals surface area contributed by atoms with Crippen LogP contribution in [0.5, 0.6) is 0 Å². The molecule has 2 rings (SSSR count). The van der Waals surface area contributed by atoms with Gasteiger partial charge in [0.1, 0.15) is 0 Å². The number of nitrogens with zero attached hydrogens (tertiary/aromatic N) is 1. The maximum Gasteiger partial charge on any atom is 0.315 e. The topological polar surface area (TPSA) is 142 Å².